The van der Waals surface area contributed by atoms with E-state index in [1.807, 2.05) is 0 Å². The Morgan fingerprint density at radius 2 is 1.83 bits per heavy atom. The standard InChI is InChI=1S/C27H26N2O6/c28-11-3-1-2-4-12-29-27(33)17-5-10-23(34-16-30)22(13-17)26-20-8-6-18(31)14-24(20)35-25-15-19(32)7-9-21(25)26/h5-10,13-16,31H,1-4,11-12,28H2,(H,29,33). The molecule has 180 valence electrons. The van der Waals surface area contributed by atoms with Gasteiger partial charge in [0.05, 0.1) is 0 Å². The number of carbonyl (C=O) groups excluding carboxylic acids is 2. The van der Waals surface area contributed by atoms with Crippen LogP contribution in [0.1, 0.15) is 36.0 Å². The van der Waals surface area contributed by atoms with Gasteiger partial charge in [-0.3, -0.25) is 14.4 Å². The molecule has 2 aliphatic rings. The smallest absolute Gasteiger partial charge is 0.298 e. The fraction of sp³-hybridized carbons (Fsp3) is 0.222. The first-order valence-electron chi connectivity index (χ1n) is 11.4. The van der Waals surface area contributed by atoms with Crippen molar-refractivity contribution in [3.8, 4) is 33.9 Å². The van der Waals surface area contributed by atoms with Gasteiger partial charge in [-0.15, -0.1) is 0 Å². The summed E-state index contributed by atoms with van der Waals surface area (Å²) in [5.74, 6) is 0.284. The molecule has 2 aromatic rings. The van der Waals surface area contributed by atoms with Crippen LogP contribution in [0, 0.1) is 0 Å². The molecule has 35 heavy (non-hydrogen) atoms. The van der Waals surface area contributed by atoms with Gasteiger partial charge in [0.25, 0.3) is 12.4 Å². The molecule has 0 saturated carbocycles. The molecule has 0 aromatic heterocycles. The predicted octanol–water partition coefficient (Wildman–Crippen LogP) is 4.05. The van der Waals surface area contributed by atoms with Crippen molar-refractivity contribution in [2.24, 2.45) is 5.73 Å². The number of nitrogens with one attached hydrogen (secondary N) is 1. The van der Waals surface area contributed by atoms with E-state index in [4.69, 9.17) is 14.9 Å². The predicted molar refractivity (Wildman–Crippen MR) is 133 cm³/mol. The summed E-state index contributed by atoms with van der Waals surface area (Å²) in [5.41, 5.74) is 7.67. The number of phenolic OH excluding ortho intramolecular Hbond substituents is 1. The number of fused-ring (bicyclic) bond motifs is 2. The van der Waals surface area contributed by atoms with E-state index in [0.717, 1.165) is 25.7 Å². The lowest BCUT2D eigenvalue weighted by Crippen LogP contribution is -2.24. The van der Waals surface area contributed by atoms with Crippen molar-refractivity contribution < 1.29 is 23.8 Å². The van der Waals surface area contributed by atoms with Gasteiger partial charge in [0.2, 0.25) is 0 Å². The second-order valence-corrected chi connectivity index (χ2v) is 8.20. The Kier molecular flexibility index (Phi) is 7.42. The lowest BCUT2D eigenvalue weighted by atomic mass is 9.92. The fourth-order valence-corrected chi connectivity index (χ4v) is 4.10. The van der Waals surface area contributed by atoms with E-state index in [0.29, 0.717) is 58.5 Å². The molecule has 0 atom stereocenters. The number of amides is 1. The molecule has 0 unspecified atom stereocenters. The van der Waals surface area contributed by atoms with E-state index in [1.54, 1.807) is 30.3 Å². The Hall–Kier alpha value is -4.17. The molecule has 1 heterocycles. The molecule has 0 spiro atoms. The first kappa shape index (κ1) is 24.0. The van der Waals surface area contributed by atoms with Crippen LogP contribution < -0.4 is 21.2 Å². The summed E-state index contributed by atoms with van der Waals surface area (Å²) in [7, 11) is 0. The van der Waals surface area contributed by atoms with E-state index < -0.39 is 0 Å². The number of phenols is 1. The zero-order valence-electron chi connectivity index (χ0n) is 19.1. The monoisotopic (exact) mass is 474 g/mol. The highest BCUT2D eigenvalue weighted by molar-refractivity contribution is 6.05. The molecule has 1 amide bonds. The Balaban J connectivity index is 1.79. The summed E-state index contributed by atoms with van der Waals surface area (Å²) in [6.07, 6.45) is 3.82. The van der Waals surface area contributed by atoms with E-state index in [-0.39, 0.29) is 22.8 Å². The Bertz CT molecular complexity index is 1390. The van der Waals surface area contributed by atoms with E-state index >= 15 is 0 Å². The minimum atomic E-state index is -0.253. The fourth-order valence-electron chi connectivity index (χ4n) is 4.10. The number of nitrogens with two attached hydrogens (primary N) is 1. The van der Waals surface area contributed by atoms with Gasteiger partial charge >= 0.3 is 0 Å². The van der Waals surface area contributed by atoms with Crippen LogP contribution in [0.2, 0.25) is 0 Å². The summed E-state index contributed by atoms with van der Waals surface area (Å²) >= 11 is 0. The molecule has 2 aromatic carbocycles. The number of benzene rings is 3. The zero-order valence-corrected chi connectivity index (χ0v) is 19.1. The molecule has 1 aliphatic heterocycles. The normalized spacial score (nSPS) is 11.0. The second-order valence-electron chi connectivity index (χ2n) is 8.20. The van der Waals surface area contributed by atoms with Gasteiger partial charge in [-0.2, -0.15) is 0 Å². The minimum Gasteiger partial charge on any atom is -0.508 e. The third-order valence-corrected chi connectivity index (χ3v) is 5.78. The van der Waals surface area contributed by atoms with Gasteiger partial charge in [-0.25, -0.2) is 0 Å². The van der Waals surface area contributed by atoms with Crippen molar-refractivity contribution in [3.05, 3.63) is 70.4 Å². The summed E-state index contributed by atoms with van der Waals surface area (Å²) in [6.45, 7) is 1.52. The maximum Gasteiger partial charge on any atom is 0.298 e. The topological polar surface area (TPSA) is 132 Å². The van der Waals surface area contributed by atoms with Crippen LogP contribution in [0.5, 0.6) is 11.5 Å². The molecule has 0 fully saturated rings. The maximum absolute atomic E-state index is 12.9. The molecular weight excluding hydrogens is 448 g/mol. The first-order valence-corrected chi connectivity index (χ1v) is 11.4. The highest BCUT2D eigenvalue weighted by atomic mass is 16.5. The van der Waals surface area contributed by atoms with Crippen LogP contribution in [-0.2, 0) is 4.79 Å². The average Bonchev–Trinajstić information content (AvgIpc) is 2.85. The molecule has 4 rings (SSSR count). The van der Waals surface area contributed by atoms with Crippen molar-refractivity contribution >= 4 is 23.3 Å². The van der Waals surface area contributed by atoms with Crippen molar-refractivity contribution in [1.82, 2.24) is 5.32 Å². The van der Waals surface area contributed by atoms with Crippen LogP contribution in [0.25, 0.3) is 33.4 Å². The lowest BCUT2D eigenvalue weighted by molar-refractivity contribution is -0.120. The zero-order chi connectivity index (χ0) is 24.8. The number of hydrogen-bond acceptors (Lipinski definition) is 7. The molecular formula is C27H26N2O6. The lowest BCUT2D eigenvalue weighted by Gasteiger charge is -2.17. The summed E-state index contributed by atoms with van der Waals surface area (Å²) in [4.78, 5) is 36.1. The summed E-state index contributed by atoms with van der Waals surface area (Å²) in [5, 5.41) is 13.5. The Morgan fingerprint density at radius 3 is 2.63 bits per heavy atom. The number of carbonyl (C=O) groups is 2. The number of unbranched alkanes of at least 4 members (excludes halogenated alkanes) is 3. The maximum atomic E-state index is 12.9. The molecule has 0 saturated heterocycles. The first-order chi connectivity index (χ1) is 17.0. The van der Waals surface area contributed by atoms with E-state index in [9.17, 15) is 19.5 Å². The number of rotatable bonds is 10. The minimum absolute atomic E-state index is 0.00576. The van der Waals surface area contributed by atoms with Crippen molar-refractivity contribution in [1.29, 1.82) is 0 Å². The quantitative estimate of drug-likeness (QED) is 0.179. The highest BCUT2D eigenvalue weighted by Crippen LogP contribution is 2.44. The molecule has 8 heteroatoms. The van der Waals surface area contributed by atoms with E-state index in [1.165, 1.54) is 24.3 Å². The number of ether oxygens (including phenoxy) is 1. The van der Waals surface area contributed by atoms with Crippen LogP contribution in [0.4, 0.5) is 0 Å². The van der Waals surface area contributed by atoms with Crippen molar-refractivity contribution in [2.75, 3.05) is 13.1 Å². The van der Waals surface area contributed by atoms with Crippen LogP contribution in [0.15, 0.2) is 63.8 Å². The third-order valence-electron chi connectivity index (χ3n) is 5.78. The highest BCUT2D eigenvalue weighted by Gasteiger charge is 2.22. The van der Waals surface area contributed by atoms with Gasteiger partial charge in [-0.1, -0.05) is 12.8 Å². The second kappa shape index (κ2) is 10.8. The SMILES string of the molecule is NCCCCCCNC(=O)c1ccc(OC=O)c(-c2c3ccc(=O)cc-3oc3cc(O)ccc23)c1. The van der Waals surface area contributed by atoms with Gasteiger partial charge in [0.15, 0.2) is 5.43 Å². The number of hydrogen-bond donors (Lipinski definition) is 3. The average molecular weight is 475 g/mol. The largest absolute Gasteiger partial charge is 0.508 e. The summed E-state index contributed by atoms with van der Waals surface area (Å²) in [6, 6.07) is 13.8. The van der Waals surface area contributed by atoms with Gasteiger partial charge in [0, 0.05) is 46.3 Å². The van der Waals surface area contributed by atoms with Crippen LogP contribution >= 0.6 is 0 Å². The molecule has 4 N–H and O–H groups in total. The molecule has 8 nitrogen and oxygen atoms in total. The molecule has 0 radical (unpaired) electrons. The summed E-state index contributed by atoms with van der Waals surface area (Å²) < 4.78 is 11.1. The number of aromatic hydroxyl groups is 1. The van der Waals surface area contributed by atoms with Crippen molar-refractivity contribution in [2.45, 2.75) is 25.7 Å². The van der Waals surface area contributed by atoms with Crippen LogP contribution in [0.3, 0.4) is 0 Å². The Morgan fingerprint density at radius 1 is 1.00 bits per heavy atom. The van der Waals surface area contributed by atoms with E-state index in [2.05, 4.69) is 5.32 Å². The molecule has 1 aliphatic carbocycles. The van der Waals surface area contributed by atoms with Crippen molar-refractivity contribution in [3.63, 3.8) is 0 Å². The molecule has 0 bridgehead atoms. The third kappa shape index (κ3) is 5.33. The van der Waals surface area contributed by atoms with Gasteiger partial charge < -0.3 is 25.3 Å². The van der Waals surface area contributed by atoms with Gasteiger partial charge in [0.1, 0.15) is 22.8 Å². The van der Waals surface area contributed by atoms with Gasteiger partial charge in [-0.05, 0) is 61.9 Å². The Labute approximate surface area is 201 Å². The van der Waals surface area contributed by atoms with Crippen LogP contribution in [-0.4, -0.2) is 30.6 Å².